The van der Waals surface area contributed by atoms with Gasteiger partial charge in [-0.05, 0) is 12.0 Å². The first kappa shape index (κ1) is 13.5. The molecule has 0 aromatic carbocycles. The van der Waals surface area contributed by atoms with Gasteiger partial charge in [0.2, 0.25) is 5.95 Å². The Morgan fingerprint density at radius 3 is 2.84 bits per heavy atom. The summed E-state index contributed by atoms with van der Waals surface area (Å²) in [6.45, 7) is 2.65. The molecule has 1 aromatic rings. The molecule has 1 aliphatic heterocycles. The Kier molecular flexibility index (Phi) is 3.78. The maximum Gasteiger partial charge on any atom is 0.310 e. The molecular weight excluding hydrogens is 251 g/mol. The van der Waals surface area contributed by atoms with Crippen LogP contribution in [0, 0.1) is 17.8 Å². The number of methoxy groups -OCH3 is 1. The molecular formula is C13H15FN2O3. The third-order valence-electron chi connectivity index (χ3n) is 3.38. The Hall–Kier alpha value is -1.98. The summed E-state index contributed by atoms with van der Waals surface area (Å²) in [5, 5.41) is 0. The lowest BCUT2D eigenvalue weighted by molar-refractivity contribution is -0.146. The van der Waals surface area contributed by atoms with Gasteiger partial charge in [-0.3, -0.25) is 9.59 Å². The summed E-state index contributed by atoms with van der Waals surface area (Å²) in [5.74, 6) is -1.59. The molecule has 0 bridgehead atoms. The van der Waals surface area contributed by atoms with E-state index in [0.29, 0.717) is 13.1 Å². The first-order valence-corrected chi connectivity index (χ1v) is 6.01. The van der Waals surface area contributed by atoms with Gasteiger partial charge in [0, 0.05) is 30.9 Å². The molecule has 2 heterocycles. The Labute approximate surface area is 110 Å². The molecule has 0 N–H and O–H groups in total. The van der Waals surface area contributed by atoms with Gasteiger partial charge in [-0.2, -0.15) is 4.39 Å². The van der Waals surface area contributed by atoms with Crippen LogP contribution in [0.2, 0.25) is 0 Å². The number of hydrogen-bond donors (Lipinski definition) is 0. The number of carbonyl (C=O) groups excluding carboxylic acids is 2. The fourth-order valence-electron chi connectivity index (χ4n) is 2.31. The molecule has 1 saturated heterocycles. The molecule has 0 saturated carbocycles. The molecule has 1 aliphatic rings. The van der Waals surface area contributed by atoms with Crippen LogP contribution in [0.1, 0.15) is 17.3 Å². The Morgan fingerprint density at radius 2 is 2.21 bits per heavy atom. The summed E-state index contributed by atoms with van der Waals surface area (Å²) >= 11 is 0. The lowest BCUT2D eigenvalue weighted by Crippen LogP contribution is -2.30. The summed E-state index contributed by atoms with van der Waals surface area (Å²) in [5.41, 5.74) is 0.241. The fourth-order valence-corrected chi connectivity index (χ4v) is 2.31. The minimum atomic E-state index is -0.692. The van der Waals surface area contributed by atoms with E-state index in [1.54, 1.807) is 4.90 Å². The maximum absolute atomic E-state index is 13.0. The first-order valence-electron chi connectivity index (χ1n) is 6.01. The standard InChI is InChI=1S/C13H15FN2O3/c1-8-6-16(7-10(8)13(18)19-2)12(17)9-3-4-15-11(14)5-9/h3-5,8,10H,6-7H2,1-2H3. The lowest BCUT2D eigenvalue weighted by atomic mass is 9.99. The van der Waals surface area contributed by atoms with Crippen LogP contribution in [-0.4, -0.2) is 42.0 Å². The van der Waals surface area contributed by atoms with Crippen LogP contribution in [0.3, 0.4) is 0 Å². The molecule has 1 amide bonds. The van der Waals surface area contributed by atoms with Crippen LogP contribution >= 0.6 is 0 Å². The third-order valence-corrected chi connectivity index (χ3v) is 3.38. The van der Waals surface area contributed by atoms with E-state index in [2.05, 4.69) is 4.98 Å². The zero-order valence-corrected chi connectivity index (χ0v) is 10.8. The van der Waals surface area contributed by atoms with E-state index in [9.17, 15) is 14.0 Å². The van der Waals surface area contributed by atoms with Crippen molar-refractivity contribution in [1.82, 2.24) is 9.88 Å². The number of likely N-dealkylation sites (tertiary alicyclic amines) is 1. The summed E-state index contributed by atoms with van der Waals surface area (Å²) in [6, 6.07) is 2.56. The van der Waals surface area contributed by atoms with Crippen LogP contribution < -0.4 is 0 Å². The minimum Gasteiger partial charge on any atom is -0.469 e. The molecule has 0 radical (unpaired) electrons. The van der Waals surface area contributed by atoms with Gasteiger partial charge in [0.05, 0.1) is 13.0 Å². The van der Waals surface area contributed by atoms with Crippen molar-refractivity contribution in [1.29, 1.82) is 0 Å². The van der Waals surface area contributed by atoms with Crippen LogP contribution in [-0.2, 0) is 9.53 Å². The molecule has 19 heavy (non-hydrogen) atoms. The SMILES string of the molecule is COC(=O)C1CN(C(=O)c2ccnc(F)c2)CC1C. The zero-order valence-electron chi connectivity index (χ0n) is 10.8. The Balaban J connectivity index is 2.12. The molecule has 0 aliphatic carbocycles. The lowest BCUT2D eigenvalue weighted by Gasteiger charge is -2.15. The second-order valence-electron chi connectivity index (χ2n) is 4.68. The van der Waals surface area contributed by atoms with Crippen molar-refractivity contribution in [3.05, 3.63) is 29.8 Å². The molecule has 2 atom stereocenters. The number of carbonyl (C=O) groups is 2. The average molecular weight is 266 g/mol. The van der Waals surface area contributed by atoms with Crippen molar-refractivity contribution in [2.24, 2.45) is 11.8 Å². The molecule has 5 nitrogen and oxygen atoms in total. The number of aromatic nitrogens is 1. The molecule has 6 heteroatoms. The van der Waals surface area contributed by atoms with Crippen molar-refractivity contribution in [2.75, 3.05) is 20.2 Å². The van der Waals surface area contributed by atoms with Crippen LogP contribution in [0.4, 0.5) is 4.39 Å². The highest BCUT2D eigenvalue weighted by molar-refractivity contribution is 5.94. The van der Waals surface area contributed by atoms with Crippen LogP contribution in [0.15, 0.2) is 18.3 Å². The van der Waals surface area contributed by atoms with E-state index in [1.165, 1.54) is 19.4 Å². The van der Waals surface area contributed by atoms with E-state index in [0.717, 1.165) is 6.07 Å². The summed E-state index contributed by atoms with van der Waals surface area (Å²) in [7, 11) is 1.33. The van der Waals surface area contributed by atoms with Gasteiger partial charge in [-0.25, -0.2) is 4.98 Å². The Bertz CT molecular complexity index is 506. The zero-order chi connectivity index (χ0) is 14.0. The van der Waals surface area contributed by atoms with Crippen molar-refractivity contribution >= 4 is 11.9 Å². The second kappa shape index (κ2) is 5.34. The van der Waals surface area contributed by atoms with Crippen molar-refractivity contribution < 1.29 is 18.7 Å². The quantitative estimate of drug-likeness (QED) is 0.594. The van der Waals surface area contributed by atoms with E-state index in [-0.39, 0.29) is 29.3 Å². The highest BCUT2D eigenvalue weighted by atomic mass is 19.1. The Morgan fingerprint density at radius 1 is 1.47 bits per heavy atom. The smallest absolute Gasteiger partial charge is 0.310 e. The molecule has 102 valence electrons. The fraction of sp³-hybridized carbons (Fsp3) is 0.462. The monoisotopic (exact) mass is 266 g/mol. The van der Waals surface area contributed by atoms with Gasteiger partial charge >= 0.3 is 5.97 Å². The number of pyridine rings is 1. The number of rotatable bonds is 2. The van der Waals surface area contributed by atoms with Gasteiger partial charge < -0.3 is 9.64 Å². The first-order chi connectivity index (χ1) is 9.02. The normalized spacial score (nSPS) is 22.4. The van der Waals surface area contributed by atoms with E-state index in [4.69, 9.17) is 4.74 Å². The predicted octanol–water partition coefficient (Wildman–Crippen LogP) is 1.10. The largest absolute Gasteiger partial charge is 0.469 e. The molecule has 1 fully saturated rings. The summed E-state index contributed by atoms with van der Waals surface area (Å²) < 4.78 is 17.7. The summed E-state index contributed by atoms with van der Waals surface area (Å²) in [6.07, 6.45) is 1.25. The van der Waals surface area contributed by atoms with Gasteiger partial charge in [0.15, 0.2) is 0 Å². The van der Waals surface area contributed by atoms with E-state index in [1.807, 2.05) is 6.92 Å². The summed E-state index contributed by atoms with van der Waals surface area (Å²) in [4.78, 5) is 28.7. The predicted molar refractivity (Wildman–Crippen MR) is 64.8 cm³/mol. The maximum atomic E-state index is 13.0. The van der Waals surface area contributed by atoms with Crippen LogP contribution in [0.5, 0.6) is 0 Å². The molecule has 0 spiro atoms. The van der Waals surface area contributed by atoms with Crippen molar-refractivity contribution in [2.45, 2.75) is 6.92 Å². The minimum absolute atomic E-state index is 0.0306. The number of esters is 1. The van der Waals surface area contributed by atoms with Gasteiger partial charge in [0.25, 0.3) is 5.91 Å². The van der Waals surface area contributed by atoms with Gasteiger partial charge in [-0.1, -0.05) is 6.92 Å². The topological polar surface area (TPSA) is 59.5 Å². The number of nitrogens with zero attached hydrogens (tertiary/aromatic N) is 2. The highest BCUT2D eigenvalue weighted by Crippen LogP contribution is 2.25. The molecule has 1 aromatic heterocycles. The van der Waals surface area contributed by atoms with Gasteiger partial charge in [0.1, 0.15) is 0 Å². The van der Waals surface area contributed by atoms with Gasteiger partial charge in [-0.15, -0.1) is 0 Å². The van der Waals surface area contributed by atoms with E-state index < -0.39 is 5.95 Å². The van der Waals surface area contributed by atoms with E-state index >= 15 is 0 Å². The molecule has 2 rings (SSSR count). The third kappa shape index (κ3) is 2.72. The van der Waals surface area contributed by atoms with Crippen LogP contribution in [0.25, 0.3) is 0 Å². The average Bonchev–Trinajstić information content (AvgIpc) is 2.79. The van der Waals surface area contributed by atoms with Crippen molar-refractivity contribution in [3.8, 4) is 0 Å². The number of ether oxygens (including phenoxy) is 1. The highest BCUT2D eigenvalue weighted by Gasteiger charge is 2.37. The number of hydrogen-bond acceptors (Lipinski definition) is 4. The van der Waals surface area contributed by atoms with Crippen molar-refractivity contribution in [3.63, 3.8) is 0 Å². The second-order valence-corrected chi connectivity index (χ2v) is 4.68. The number of halogens is 1. The number of amides is 1. The molecule has 2 unspecified atom stereocenters.